The van der Waals surface area contributed by atoms with Crippen LogP contribution in [-0.4, -0.2) is 17.4 Å². The van der Waals surface area contributed by atoms with Gasteiger partial charge in [-0.15, -0.1) is 0 Å². The minimum absolute atomic E-state index is 0. The second kappa shape index (κ2) is 18.1. The summed E-state index contributed by atoms with van der Waals surface area (Å²) in [6.45, 7) is 0. The van der Waals surface area contributed by atoms with Crippen molar-refractivity contribution in [2.75, 3.05) is 0 Å². The SMILES string of the molecule is F.P.[AlH3].[Yb]. The van der Waals surface area contributed by atoms with Crippen LogP contribution < -0.4 is 0 Å². The minimum Gasteiger partial charge on any atom is -0.269 e. The van der Waals surface area contributed by atoms with Gasteiger partial charge >= 0.3 is 0 Å². The van der Waals surface area contributed by atoms with Gasteiger partial charge in [-0.25, -0.2) is 0 Å². The van der Waals surface area contributed by atoms with Crippen molar-refractivity contribution < 1.29 is 51.6 Å². The van der Waals surface area contributed by atoms with Crippen molar-refractivity contribution in [3.63, 3.8) is 0 Å². The summed E-state index contributed by atoms with van der Waals surface area (Å²) >= 11 is 0. The summed E-state index contributed by atoms with van der Waals surface area (Å²) in [5.74, 6) is 0. The molecular formula is H7AlFPYb. The molecule has 0 N–H and O–H groups in total. The molecule has 0 saturated carbocycles. The predicted molar refractivity (Wildman–Crippen MR) is 23.5 cm³/mol. The summed E-state index contributed by atoms with van der Waals surface area (Å²) in [7, 11) is 0. The summed E-state index contributed by atoms with van der Waals surface area (Å²) < 4.78 is 0. The molecule has 0 bridgehead atoms. The third kappa shape index (κ3) is 8.83. The van der Waals surface area contributed by atoms with Crippen LogP contribution in [0.15, 0.2) is 0 Å². The Morgan fingerprint density at radius 3 is 1.00 bits per heavy atom. The first-order valence-corrected chi connectivity index (χ1v) is 0. The van der Waals surface area contributed by atoms with E-state index in [1.165, 1.54) is 0 Å². The van der Waals surface area contributed by atoms with Gasteiger partial charge in [0.25, 0.3) is 0 Å². The number of hydrogen-bond donors (Lipinski definition) is 0. The first-order chi connectivity index (χ1) is 0. The second-order valence-electron chi connectivity index (χ2n) is 0. The van der Waals surface area contributed by atoms with E-state index < -0.39 is 0 Å². The van der Waals surface area contributed by atoms with E-state index in [1.807, 2.05) is 0 Å². The van der Waals surface area contributed by atoms with Gasteiger partial charge in [-0.05, 0) is 0 Å². The molecule has 0 nitrogen and oxygen atoms in total. The van der Waals surface area contributed by atoms with E-state index in [1.54, 1.807) is 0 Å². The Bertz CT molecular complexity index is 8.00. The van der Waals surface area contributed by atoms with E-state index >= 15 is 0 Å². The van der Waals surface area contributed by atoms with E-state index in [-0.39, 0.29) is 78.9 Å². The summed E-state index contributed by atoms with van der Waals surface area (Å²) in [5.41, 5.74) is 0. The zero-order valence-corrected chi connectivity index (χ0v) is 4.51. The van der Waals surface area contributed by atoms with Gasteiger partial charge in [0.15, 0.2) is 17.4 Å². The molecule has 0 fully saturated rings. The first-order valence-electron chi connectivity index (χ1n) is 0. The maximum absolute atomic E-state index is 0. The van der Waals surface area contributed by atoms with Gasteiger partial charge in [-0.3, -0.25) is 4.70 Å². The molecule has 0 aliphatic carbocycles. The molecule has 4 heteroatoms. The molecule has 0 aliphatic heterocycles. The Morgan fingerprint density at radius 2 is 1.00 bits per heavy atom. The summed E-state index contributed by atoms with van der Waals surface area (Å²) in [6.07, 6.45) is 0. The van der Waals surface area contributed by atoms with E-state index in [9.17, 15) is 0 Å². The maximum Gasteiger partial charge on any atom is 0.187 e. The molecular weight excluding hydrogens is 250 g/mol. The molecule has 0 radical (unpaired) electrons. The average Bonchev–Trinajstić information content (AvgIpc) is 0. The molecule has 0 aromatic carbocycles. The normalized spacial score (nSPS) is 0. The van der Waals surface area contributed by atoms with Gasteiger partial charge in [0.2, 0.25) is 0 Å². The van der Waals surface area contributed by atoms with Gasteiger partial charge in [0.05, 0.1) is 0 Å². The van der Waals surface area contributed by atoms with Crippen LogP contribution in [0.5, 0.6) is 0 Å². The smallest absolute Gasteiger partial charge is 0.187 e. The average molecular weight is 257 g/mol. The van der Waals surface area contributed by atoms with Crippen molar-refractivity contribution in [3.8, 4) is 0 Å². The zero-order chi connectivity index (χ0) is 0. The molecule has 0 amide bonds. The quantitative estimate of drug-likeness (QED) is 0.387. The first kappa shape index (κ1) is 32.3. The fraction of sp³-hybridized carbons (Fsp3) is 0. The van der Waals surface area contributed by atoms with Crippen LogP contribution in [0.3, 0.4) is 0 Å². The van der Waals surface area contributed by atoms with Crippen LogP contribution in [0.4, 0.5) is 4.70 Å². The summed E-state index contributed by atoms with van der Waals surface area (Å²) in [6, 6.07) is 0. The van der Waals surface area contributed by atoms with Gasteiger partial charge in [-0.2, -0.15) is 9.90 Å². The monoisotopic (exact) mass is 258 g/mol. The molecule has 0 spiro atoms. The summed E-state index contributed by atoms with van der Waals surface area (Å²) in [5, 5.41) is 0. The second-order valence-corrected chi connectivity index (χ2v) is 0. The molecule has 0 saturated heterocycles. The van der Waals surface area contributed by atoms with Crippen LogP contribution in [0.2, 0.25) is 0 Å². The molecule has 1 unspecified atom stereocenters. The standard InChI is InChI=1S/Al.FH.H3P.Yb.3H/h;1H;1H3;;;;. The van der Waals surface area contributed by atoms with E-state index in [4.69, 9.17) is 0 Å². The molecule has 0 aromatic heterocycles. The minimum atomic E-state index is 0. The maximum atomic E-state index is 0. The van der Waals surface area contributed by atoms with Crippen molar-refractivity contribution in [2.24, 2.45) is 0 Å². The zero-order valence-electron chi connectivity index (χ0n) is 1.38. The van der Waals surface area contributed by atoms with E-state index in [0.29, 0.717) is 0 Å². The van der Waals surface area contributed by atoms with Crippen molar-refractivity contribution in [1.29, 1.82) is 0 Å². The Kier molecular flexibility index (Phi) is 146. The third-order valence-electron chi connectivity index (χ3n) is 0. The van der Waals surface area contributed by atoms with Gasteiger partial charge in [0.1, 0.15) is 0 Å². The Balaban J connectivity index is 0. The van der Waals surface area contributed by atoms with Gasteiger partial charge in [-0.1, -0.05) is 0 Å². The predicted octanol–water partition coefficient (Wildman–Crippen LogP) is -0.973. The van der Waals surface area contributed by atoms with Gasteiger partial charge in [0, 0.05) is 46.9 Å². The van der Waals surface area contributed by atoms with Crippen molar-refractivity contribution in [3.05, 3.63) is 0 Å². The molecule has 0 aromatic rings. The topological polar surface area (TPSA) is 0 Å². The van der Waals surface area contributed by atoms with Crippen LogP contribution in [-0.2, 0) is 0 Å². The van der Waals surface area contributed by atoms with Gasteiger partial charge < -0.3 is 0 Å². The Labute approximate surface area is 77.5 Å². The largest absolute Gasteiger partial charge is 0.269 e. The Morgan fingerprint density at radius 1 is 1.00 bits per heavy atom. The number of hydrogen-bond acceptors (Lipinski definition) is 0. The molecule has 0 heterocycles. The summed E-state index contributed by atoms with van der Waals surface area (Å²) in [4.78, 5) is 0. The molecule has 1 atom stereocenters. The Hall–Kier alpha value is 2.41. The third-order valence-corrected chi connectivity index (χ3v) is 0. The molecule has 0 aliphatic rings. The number of rotatable bonds is 0. The fourth-order valence-corrected chi connectivity index (χ4v) is 0. The van der Waals surface area contributed by atoms with Crippen LogP contribution in [0.1, 0.15) is 0 Å². The number of halogens is 1. The molecule has 4 heavy (non-hydrogen) atoms. The van der Waals surface area contributed by atoms with Crippen molar-refractivity contribution in [2.45, 2.75) is 0 Å². The van der Waals surface area contributed by atoms with E-state index in [0.717, 1.165) is 0 Å². The van der Waals surface area contributed by atoms with Crippen molar-refractivity contribution >= 4 is 27.3 Å². The van der Waals surface area contributed by atoms with Crippen LogP contribution in [0, 0.1) is 46.9 Å². The van der Waals surface area contributed by atoms with Crippen LogP contribution >= 0.6 is 9.90 Å². The van der Waals surface area contributed by atoms with Crippen LogP contribution in [0.25, 0.3) is 0 Å². The fourth-order valence-electron chi connectivity index (χ4n) is 0. The molecule has 36 valence electrons. The molecule has 0 rings (SSSR count). The van der Waals surface area contributed by atoms with Crippen molar-refractivity contribution in [1.82, 2.24) is 0 Å². The van der Waals surface area contributed by atoms with E-state index in [2.05, 4.69) is 0 Å².